The Bertz CT molecular complexity index is 318. The van der Waals surface area contributed by atoms with Gasteiger partial charge in [-0.15, -0.1) is 0 Å². The molecule has 0 amide bonds. The van der Waals surface area contributed by atoms with Gasteiger partial charge < -0.3 is 4.74 Å². The highest BCUT2D eigenvalue weighted by Gasteiger charge is 2.31. The van der Waals surface area contributed by atoms with E-state index >= 15 is 0 Å². The highest BCUT2D eigenvalue weighted by Crippen LogP contribution is 2.19. The molecule has 60 valence electrons. The first-order valence-corrected chi connectivity index (χ1v) is 4.08. The number of hydrogen-bond donors (Lipinski definition) is 0. The van der Waals surface area contributed by atoms with Crippen LogP contribution in [0.25, 0.3) is 0 Å². The Labute approximate surface area is 72.4 Å². The third kappa shape index (κ3) is 1.66. The summed E-state index contributed by atoms with van der Waals surface area (Å²) < 4.78 is 5.16. The lowest BCUT2D eigenvalue weighted by Crippen LogP contribution is -1.82. The Morgan fingerprint density at radius 1 is 1.25 bits per heavy atom. The number of ether oxygens (including phenoxy) is 1. The Kier molecular flexibility index (Phi) is 1.85. The molecule has 1 aliphatic rings. The maximum absolute atomic E-state index is 5.16. The molecule has 1 heteroatoms. The monoisotopic (exact) mass is 158 g/mol. The molecule has 0 radical (unpaired) electrons. The second-order valence-electron chi connectivity index (χ2n) is 2.90. The van der Waals surface area contributed by atoms with Gasteiger partial charge in [-0.3, -0.25) is 0 Å². The maximum atomic E-state index is 5.16. The van der Waals surface area contributed by atoms with Crippen LogP contribution in [0.2, 0.25) is 0 Å². The average molecular weight is 158 g/mol. The molecule has 1 aromatic carbocycles. The van der Waals surface area contributed by atoms with Crippen LogP contribution in [0.15, 0.2) is 30.3 Å². The summed E-state index contributed by atoms with van der Waals surface area (Å²) in [6.07, 6.45) is 0.506. The standard InChI is InChI=1S/C11H10O/c1-9-11(12-9)8-7-10-5-3-2-4-6-10/h2-6,9,11H,1H3/t9-,11-/m1/s1. The molecule has 0 bridgehead atoms. The van der Waals surface area contributed by atoms with Gasteiger partial charge in [-0.25, -0.2) is 0 Å². The molecule has 0 unspecified atom stereocenters. The summed E-state index contributed by atoms with van der Waals surface area (Å²) in [7, 11) is 0. The quantitative estimate of drug-likeness (QED) is 0.414. The molecular formula is C11H10O. The van der Waals surface area contributed by atoms with Crippen molar-refractivity contribution < 1.29 is 4.74 Å². The largest absolute Gasteiger partial charge is 0.356 e. The molecule has 12 heavy (non-hydrogen) atoms. The lowest BCUT2D eigenvalue weighted by molar-refractivity contribution is 0.403. The van der Waals surface area contributed by atoms with Crippen LogP contribution in [0.1, 0.15) is 12.5 Å². The second kappa shape index (κ2) is 3.00. The first-order chi connectivity index (χ1) is 5.86. The van der Waals surface area contributed by atoms with Crippen LogP contribution >= 0.6 is 0 Å². The topological polar surface area (TPSA) is 12.5 Å². The van der Waals surface area contributed by atoms with Gasteiger partial charge in [0.25, 0.3) is 0 Å². The molecule has 0 saturated carbocycles. The number of benzene rings is 1. The molecule has 1 heterocycles. The predicted molar refractivity (Wildman–Crippen MR) is 47.7 cm³/mol. The van der Waals surface area contributed by atoms with Crippen molar-refractivity contribution >= 4 is 0 Å². The van der Waals surface area contributed by atoms with Crippen LogP contribution in [-0.2, 0) is 4.74 Å². The minimum atomic E-state index is 0.171. The Morgan fingerprint density at radius 2 is 1.92 bits per heavy atom. The molecule has 0 N–H and O–H groups in total. The molecule has 1 saturated heterocycles. The van der Waals surface area contributed by atoms with Crippen molar-refractivity contribution in [3.63, 3.8) is 0 Å². The molecule has 0 aromatic heterocycles. The van der Waals surface area contributed by atoms with E-state index in [0.29, 0.717) is 6.10 Å². The van der Waals surface area contributed by atoms with Crippen molar-refractivity contribution in [3.8, 4) is 11.8 Å². The fourth-order valence-electron chi connectivity index (χ4n) is 1.01. The summed E-state index contributed by atoms with van der Waals surface area (Å²) in [5.74, 6) is 6.11. The molecule has 1 nitrogen and oxygen atoms in total. The molecule has 1 aliphatic heterocycles. The van der Waals surface area contributed by atoms with Crippen LogP contribution in [0.4, 0.5) is 0 Å². The van der Waals surface area contributed by atoms with Crippen molar-refractivity contribution in [1.29, 1.82) is 0 Å². The fraction of sp³-hybridized carbons (Fsp3) is 0.273. The third-order valence-corrected chi connectivity index (χ3v) is 1.84. The number of hydrogen-bond acceptors (Lipinski definition) is 1. The van der Waals surface area contributed by atoms with Crippen molar-refractivity contribution in [2.24, 2.45) is 0 Å². The van der Waals surface area contributed by atoms with E-state index in [9.17, 15) is 0 Å². The second-order valence-corrected chi connectivity index (χ2v) is 2.90. The third-order valence-electron chi connectivity index (χ3n) is 1.84. The predicted octanol–water partition coefficient (Wildman–Crippen LogP) is 1.83. The van der Waals surface area contributed by atoms with Gasteiger partial charge in [-0.2, -0.15) is 0 Å². The van der Waals surface area contributed by atoms with Gasteiger partial charge in [0, 0.05) is 5.56 Å². The Morgan fingerprint density at radius 3 is 2.50 bits per heavy atom. The van der Waals surface area contributed by atoms with Crippen molar-refractivity contribution in [2.45, 2.75) is 19.1 Å². The lowest BCUT2D eigenvalue weighted by atomic mass is 10.2. The highest BCUT2D eigenvalue weighted by molar-refractivity contribution is 5.35. The number of epoxide rings is 1. The van der Waals surface area contributed by atoms with Gasteiger partial charge >= 0.3 is 0 Å². The summed E-state index contributed by atoms with van der Waals surface area (Å²) in [5.41, 5.74) is 1.06. The molecule has 0 spiro atoms. The van der Waals surface area contributed by atoms with Gasteiger partial charge in [0.05, 0.1) is 6.10 Å². The lowest BCUT2D eigenvalue weighted by Gasteiger charge is -1.84. The minimum absolute atomic E-state index is 0.171. The van der Waals surface area contributed by atoms with E-state index in [2.05, 4.69) is 11.8 Å². The summed E-state index contributed by atoms with van der Waals surface area (Å²) in [6.45, 7) is 2.03. The Balaban J connectivity index is 2.06. The van der Waals surface area contributed by atoms with E-state index in [4.69, 9.17) is 4.74 Å². The Hall–Kier alpha value is -1.26. The molecular weight excluding hydrogens is 148 g/mol. The molecule has 2 rings (SSSR count). The maximum Gasteiger partial charge on any atom is 0.144 e. The smallest absolute Gasteiger partial charge is 0.144 e. The zero-order chi connectivity index (χ0) is 8.39. The van der Waals surface area contributed by atoms with Gasteiger partial charge in [0.2, 0.25) is 0 Å². The summed E-state index contributed by atoms with van der Waals surface area (Å²) >= 11 is 0. The summed E-state index contributed by atoms with van der Waals surface area (Å²) in [4.78, 5) is 0. The first-order valence-electron chi connectivity index (χ1n) is 4.08. The SMILES string of the molecule is C[C@H]1O[C@@H]1C#Cc1ccccc1. The minimum Gasteiger partial charge on any atom is -0.356 e. The fourth-order valence-corrected chi connectivity index (χ4v) is 1.01. The van der Waals surface area contributed by atoms with E-state index < -0.39 is 0 Å². The van der Waals surface area contributed by atoms with Crippen LogP contribution < -0.4 is 0 Å². The average Bonchev–Trinajstić information content (AvgIpc) is 2.81. The summed E-state index contributed by atoms with van der Waals surface area (Å²) in [5, 5.41) is 0. The van der Waals surface area contributed by atoms with Gasteiger partial charge in [-0.05, 0) is 19.1 Å². The first kappa shape index (κ1) is 7.39. The zero-order valence-corrected chi connectivity index (χ0v) is 6.95. The zero-order valence-electron chi connectivity index (χ0n) is 6.95. The van der Waals surface area contributed by atoms with Crippen molar-refractivity contribution in [3.05, 3.63) is 35.9 Å². The van der Waals surface area contributed by atoms with E-state index in [1.807, 2.05) is 37.3 Å². The van der Waals surface area contributed by atoms with E-state index in [1.165, 1.54) is 0 Å². The van der Waals surface area contributed by atoms with Crippen LogP contribution in [-0.4, -0.2) is 12.2 Å². The molecule has 1 aromatic rings. The van der Waals surface area contributed by atoms with Crippen LogP contribution in [0.5, 0.6) is 0 Å². The van der Waals surface area contributed by atoms with Crippen LogP contribution in [0, 0.1) is 11.8 Å². The van der Waals surface area contributed by atoms with Crippen molar-refractivity contribution in [2.75, 3.05) is 0 Å². The van der Waals surface area contributed by atoms with E-state index in [-0.39, 0.29) is 6.10 Å². The molecule has 0 aliphatic carbocycles. The normalized spacial score (nSPS) is 25.8. The highest BCUT2D eigenvalue weighted by atomic mass is 16.6. The molecule has 1 fully saturated rings. The molecule has 2 atom stereocenters. The van der Waals surface area contributed by atoms with Gasteiger partial charge in [0.1, 0.15) is 6.10 Å². The van der Waals surface area contributed by atoms with E-state index in [0.717, 1.165) is 5.56 Å². The van der Waals surface area contributed by atoms with Crippen molar-refractivity contribution in [1.82, 2.24) is 0 Å². The number of rotatable bonds is 0. The van der Waals surface area contributed by atoms with Gasteiger partial charge in [0.15, 0.2) is 0 Å². The van der Waals surface area contributed by atoms with Crippen LogP contribution in [0.3, 0.4) is 0 Å². The van der Waals surface area contributed by atoms with Gasteiger partial charge in [-0.1, -0.05) is 30.0 Å². The van der Waals surface area contributed by atoms with E-state index in [1.54, 1.807) is 0 Å². The summed E-state index contributed by atoms with van der Waals surface area (Å²) in [6, 6.07) is 9.96.